The van der Waals surface area contributed by atoms with Gasteiger partial charge in [0, 0.05) is 0 Å². The predicted octanol–water partition coefficient (Wildman–Crippen LogP) is 4.32. The van der Waals surface area contributed by atoms with Gasteiger partial charge in [0.2, 0.25) is 0 Å². The number of epoxide rings is 1. The van der Waals surface area contributed by atoms with E-state index in [9.17, 15) is 0 Å². The van der Waals surface area contributed by atoms with Gasteiger partial charge in [-0.2, -0.15) is 0 Å². The van der Waals surface area contributed by atoms with Gasteiger partial charge in [-0.3, -0.25) is 0 Å². The van der Waals surface area contributed by atoms with Gasteiger partial charge in [0.05, 0.1) is 10.2 Å². The number of para-hydroxylation sites is 1. The van der Waals surface area contributed by atoms with Gasteiger partial charge in [0.25, 0.3) is 0 Å². The summed E-state index contributed by atoms with van der Waals surface area (Å²) < 4.78 is 7.36. The maximum atomic E-state index is 6.08. The van der Waals surface area contributed by atoms with Crippen molar-refractivity contribution in [3.05, 3.63) is 29.3 Å². The molecule has 2 aromatic rings. The highest BCUT2D eigenvalue weighted by molar-refractivity contribution is 7.18. The van der Waals surface area contributed by atoms with Crippen molar-refractivity contribution < 1.29 is 4.74 Å². The lowest BCUT2D eigenvalue weighted by Gasteiger charge is -2.23. The van der Waals surface area contributed by atoms with Crippen LogP contribution in [0.25, 0.3) is 10.2 Å². The number of hydrogen-bond acceptors (Lipinski definition) is 3. The molecule has 2 nitrogen and oxygen atoms in total. The molecular formula is C15H17NOS. The average molecular weight is 259 g/mol. The quantitative estimate of drug-likeness (QED) is 0.713. The molecule has 0 radical (unpaired) electrons. The topological polar surface area (TPSA) is 25.4 Å². The molecule has 2 aliphatic rings. The summed E-state index contributed by atoms with van der Waals surface area (Å²) >= 11 is 1.80. The van der Waals surface area contributed by atoms with E-state index in [1.807, 2.05) is 0 Å². The van der Waals surface area contributed by atoms with Gasteiger partial charge in [-0.15, -0.1) is 11.3 Å². The first kappa shape index (κ1) is 10.9. The fraction of sp³-hybridized carbons (Fsp3) is 0.533. The molecule has 0 bridgehead atoms. The second-order valence-corrected chi connectivity index (χ2v) is 6.85. The third-order valence-corrected chi connectivity index (χ3v) is 5.38. The van der Waals surface area contributed by atoms with Crippen LogP contribution in [-0.2, 0) is 4.74 Å². The first-order valence-electron chi connectivity index (χ1n) is 6.80. The Hall–Kier alpha value is -0.930. The zero-order valence-electron chi connectivity index (χ0n) is 10.6. The normalized spacial score (nSPS) is 35.2. The van der Waals surface area contributed by atoms with Crippen LogP contribution in [0.3, 0.4) is 0 Å². The second kappa shape index (κ2) is 3.78. The lowest BCUT2D eigenvalue weighted by molar-refractivity contribution is 0.197. The number of benzene rings is 1. The smallest absolute Gasteiger partial charge is 0.139 e. The van der Waals surface area contributed by atoms with E-state index < -0.39 is 0 Å². The maximum absolute atomic E-state index is 6.08. The summed E-state index contributed by atoms with van der Waals surface area (Å²) in [4.78, 5) is 4.74. The van der Waals surface area contributed by atoms with Crippen LogP contribution in [0.2, 0.25) is 0 Å². The lowest BCUT2D eigenvalue weighted by Crippen LogP contribution is -2.21. The van der Waals surface area contributed by atoms with E-state index in [2.05, 4.69) is 31.2 Å². The molecule has 1 saturated heterocycles. The Bertz CT molecular complexity index is 560. The fourth-order valence-corrected chi connectivity index (χ4v) is 4.47. The molecule has 0 unspecified atom stereocenters. The van der Waals surface area contributed by atoms with Gasteiger partial charge in [0.15, 0.2) is 0 Å². The van der Waals surface area contributed by atoms with Crippen molar-refractivity contribution in [2.24, 2.45) is 5.92 Å². The molecule has 3 atom stereocenters. The van der Waals surface area contributed by atoms with Crippen molar-refractivity contribution in [1.29, 1.82) is 0 Å². The molecule has 4 rings (SSSR count). The van der Waals surface area contributed by atoms with Crippen molar-refractivity contribution >= 4 is 21.6 Å². The highest BCUT2D eigenvalue weighted by Crippen LogP contribution is 2.59. The summed E-state index contributed by atoms with van der Waals surface area (Å²) in [5, 5.41) is 1.19. The summed E-state index contributed by atoms with van der Waals surface area (Å²) in [7, 11) is 0. The first-order valence-corrected chi connectivity index (χ1v) is 7.62. The standard InChI is InChI=1S/C15H17NOS/c1-10-5-4-8-15(9-10)13(17-15)14-16-11-6-2-3-7-12(11)18-14/h2-3,6-7,10,13H,4-5,8-9H2,1H3/t10-,13-,15-/m1/s1. The number of ether oxygens (including phenoxy) is 1. The molecule has 1 aliphatic heterocycles. The monoisotopic (exact) mass is 259 g/mol. The Balaban J connectivity index is 1.65. The van der Waals surface area contributed by atoms with Crippen molar-refractivity contribution in [2.45, 2.75) is 44.3 Å². The lowest BCUT2D eigenvalue weighted by atomic mass is 9.80. The third-order valence-electron chi connectivity index (χ3n) is 4.30. The van der Waals surface area contributed by atoms with E-state index in [4.69, 9.17) is 9.72 Å². The van der Waals surface area contributed by atoms with Crippen molar-refractivity contribution in [3.63, 3.8) is 0 Å². The summed E-state index contributed by atoms with van der Waals surface area (Å²) in [6.07, 6.45) is 5.38. The zero-order valence-corrected chi connectivity index (χ0v) is 11.4. The Morgan fingerprint density at radius 2 is 2.28 bits per heavy atom. The molecule has 94 valence electrons. The van der Waals surface area contributed by atoms with Crippen LogP contribution in [0.1, 0.15) is 43.7 Å². The van der Waals surface area contributed by atoms with Crippen LogP contribution < -0.4 is 0 Å². The van der Waals surface area contributed by atoms with Gasteiger partial charge in [-0.25, -0.2) is 4.98 Å². The molecule has 2 fully saturated rings. The molecule has 0 N–H and O–H groups in total. The first-order chi connectivity index (χ1) is 8.77. The number of fused-ring (bicyclic) bond motifs is 1. The number of thiazole rings is 1. The highest BCUT2D eigenvalue weighted by atomic mass is 32.1. The molecule has 18 heavy (non-hydrogen) atoms. The van der Waals surface area contributed by atoms with Crippen molar-refractivity contribution in [2.75, 3.05) is 0 Å². The van der Waals surface area contributed by atoms with E-state index in [1.165, 1.54) is 35.4 Å². The Labute approximate surface area is 111 Å². The van der Waals surface area contributed by atoms with Crippen LogP contribution in [0, 0.1) is 5.92 Å². The van der Waals surface area contributed by atoms with Gasteiger partial charge in [-0.05, 0) is 30.9 Å². The molecule has 1 aliphatic carbocycles. The van der Waals surface area contributed by atoms with Gasteiger partial charge < -0.3 is 4.74 Å². The molecule has 3 heteroatoms. The Morgan fingerprint density at radius 1 is 1.39 bits per heavy atom. The van der Waals surface area contributed by atoms with Crippen LogP contribution in [-0.4, -0.2) is 10.6 Å². The molecule has 1 aromatic heterocycles. The second-order valence-electron chi connectivity index (χ2n) is 5.78. The fourth-order valence-electron chi connectivity index (χ4n) is 3.37. The molecule has 1 spiro atoms. The molecular weight excluding hydrogens is 242 g/mol. The van der Waals surface area contributed by atoms with E-state index in [1.54, 1.807) is 11.3 Å². The number of rotatable bonds is 1. The van der Waals surface area contributed by atoms with E-state index in [0.717, 1.165) is 11.4 Å². The number of nitrogens with zero attached hydrogens (tertiary/aromatic N) is 1. The van der Waals surface area contributed by atoms with Gasteiger partial charge >= 0.3 is 0 Å². The summed E-state index contributed by atoms with van der Waals surface area (Å²) in [6, 6.07) is 8.37. The predicted molar refractivity (Wildman–Crippen MR) is 73.8 cm³/mol. The summed E-state index contributed by atoms with van der Waals surface area (Å²) in [6.45, 7) is 2.35. The largest absolute Gasteiger partial charge is 0.358 e. The number of hydrogen-bond donors (Lipinski definition) is 0. The van der Waals surface area contributed by atoms with Crippen LogP contribution in [0.5, 0.6) is 0 Å². The summed E-state index contributed by atoms with van der Waals surface area (Å²) in [5.41, 5.74) is 1.26. The van der Waals surface area contributed by atoms with E-state index in [-0.39, 0.29) is 11.7 Å². The molecule has 1 aromatic carbocycles. The number of aromatic nitrogens is 1. The minimum Gasteiger partial charge on any atom is -0.358 e. The van der Waals surface area contributed by atoms with E-state index >= 15 is 0 Å². The summed E-state index contributed by atoms with van der Waals surface area (Å²) in [5.74, 6) is 0.804. The minimum absolute atomic E-state index is 0.144. The zero-order chi connectivity index (χ0) is 12.2. The van der Waals surface area contributed by atoms with E-state index in [0.29, 0.717) is 0 Å². The minimum atomic E-state index is 0.144. The molecule has 2 heterocycles. The highest BCUT2D eigenvalue weighted by Gasteiger charge is 2.59. The molecule has 1 saturated carbocycles. The third kappa shape index (κ3) is 1.61. The van der Waals surface area contributed by atoms with Crippen LogP contribution in [0.4, 0.5) is 0 Å². The van der Waals surface area contributed by atoms with Crippen molar-refractivity contribution in [3.8, 4) is 0 Å². The maximum Gasteiger partial charge on any atom is 0.139 e. The Morgan fingerprint density at radius 3 is 3.11 bits per heavy atom. The SMILES string of the molecule is C[C@@H]1CCC[C@]2(C1)O[C@@H]2c1nc2ccccc2s1. The van der Waals surface area contributed by atoms with Crippen LogP contribution >= 0.6 is 11.3 Å². The van der Waals surface area contributed by atoms with Crippen molar-refractivity contribution in [1.82, 2.24) is 4.98 Å². The molecule has 0 amide bonds. The Kier molecular flexibility index (Phi) is 2.30. The average Bonchev–Trinajstić information content (AvgIpc) is 2.87. The van der Waals surface area contributed by atoms with Gasteiger partial charge in [0.1, 0.15) is 16.7 Å². The van der Waals surface area contributed by atoms with Gasteiger partial charge in [-0.1, -0.05) is 31.9 Å². The van der Waals surface area contributed by atoms with Crippen LogP contribution in [0.15, 0.2) is 24.3 Å².